The number of carbonyl (C=O) groups excluding carboxylic acids is 1. The first-order valence-electron chi connectivity index (χ1n) is 21.3. The predicted molar refractivity (Wildman–Crippen MR) is 227 cm³/mol. The number of fused-ring (bicyclic) bond motifs is 3. The largest absolute Gasteiger partial charge is 0.489 e. The Balaban J connectivity index is 1.41. The van der Waals surface area contributed by atoms with Crippen LogP contribution in [-0.4, -0.2) is 79.1 Å². The molecular formula is C48H57FN2O10. The number of hydrogen-bond donors (Lipinski definition) is 2. The molecule has 2 heterocycles. The second-order valence-electron chi connectivity index (χ2n) is 15.8. The van der Waals surface area contributed by atoms with Gasteiger partial charge in [0.2, 0.25) is 12.6 Å². The quantitative estimate of drug-likeness (QED) is 0.0610. The molecule has 7 rings (SSSR count). The Kier molecular flexibility index (Phi) is 14.7. The number of aliphatic hydroxyl groups excluding tert-OH is 2. The molecule has 1 fully saturated rings. The molecule has 0 spiro atoms. The highest BCUT2D eigenvalue weighted by Crippen LogP contribution is 2.62. The number of allylic oxidation sites excluding steroid dienone is 1. The van der Waals surface area contributed by atoms with E-state index in [1.165, 1.54) is 13.2 Å². The lowest BCUT2D eigenvalue weighted by Gasteiger charge is -2.59. The van der Waals surface area contributed by atoms with Crippen LogP contribution in [0.1, 0.15) is 74.0 Å². The molecule has 13 heteroatoms. The molecule has 3 aromatic rings. The molecule has 6 atom stereocenters. The zero-order valence-corrected chi connectivity index (χ0v) is 34.8. The van der Waals surface area contributed by atoms with E-state index < -0.39 is 23.8 Å². The molecule has 2 aliphatic carbocycles. The number of nitrogens with zero attached hydrogens (tertiary/aromatic N) is 2. The summed E-state index contributed by atoms with van der Waals surface area (Å²) in [6.45, 7) is 8.42. The standard InChI is InChI=1S/C48H57FN2O10/c1-4-6-24-56-47(54)51(29-32-17-19-42-43(25-32)59-31-58-42)44-28-40(50-55-3)37-26-33(13-9-11-21-52)36(15-10-12-22-53)45-38-27-35(57-30-34-14-7-8-16-39(34)49)18-20-41(38)61-48(44,46(37)45)60-23-5-2/h4-5,7-8,14,16-20,25-27,33,36,44-46,52-53H,1-2,6,9-13,15,21-24,28-31H2,3H3. The summed E-state index contributed by atoms with van der Waals surface area (Å²) in [5.41, 5.74) is 3.63. The SMILES string of the molecule is C=CCCOC(=O)N(Cc1ccc2c(c1)OCO2)C1CC(=NOC)C2=CC(CCCCO)C(CCCCO)C3c4cc(OCc5ccccc5F)ccc4OC1(OCC=C)C23. The van der Waals surface area contributed by atoms with Crippen LogP contribution in [0.15, 0.2) is 103 Å². The third-order valence-corrected chi connectivity index (χ3v) is 12.1. The van der Waals surface area contributed by atoms with Crippen LogP contribution in [0.4, 0.5) is 9.18 Å². The molecule has 2 aliphatic heterocycles. The van der Waals surface area contributed by atoms with Gasteiger partial charge in [0, 0.05) is 43.2 Å². The Hall–Kier alpha value is -5.37. The van der Waals surface area contributed by atoms with Crippen molar-refractivity contribution in [1.29, 1.82) is 0 Å². The van der Waals surface area contributed by atoms with Crippen molar-refractivity contribution in [2.45, 2.75) is 82.3 Å². The van der Waals surface area contributed by atoms with Crippen molar-refractivity contribution >= 4 is 11.8 Å². The fourth-order valence-corrected chi connectivity index (χ4v) is 9.48. The number of aliphatic hydroxyl groups is 2. The monoisotopic (exact) mass is 840 g/mol. The van der Waals surface area contributed by atoms with Gasteiger partial charge in [0.1, 0.15) is 37.1 Å². The van der Waals surface area contributed by atoms with Gasteiger partial charge in [-0.15, -0.1) is 13.2 Å². The molecule has 1 saturated carbocycles. The highest BCUT2D eigenvalue weighted by atomic mass is 19.1. The third-order valence-electron chi connectivity index (χ3n) is 12.1. The number of unbranched alkanes of at least 4 members (excludes halogenated alkanes) is 2. The number of hydrogen-bond acceptors (Lipinski definition) is 11. The van der Waals surface area contributed by atoms with Crippen LogP contribution in [0.5, 0.6) is 23.0 Å². The number of ether oxygens (including phenoxy) is 6. The zero-order valence-electron chi connectivity index (χ0n) is 34.8. The summed E-state index contributed by atoms with van der Waals surface area (Å²) in [7, 11) is 1.51. The molecule has 61 heavy (non-hydrogen) atoms. The van der Waals surface area contributed by atoms with E-state index in [1.54, 1.807) is 35.3 Å². The van der Waals surface area contributed by atoms with Crippen molar-refractivity contribution in [2.75, 3.05) is 40.3 Å². The fraction of sp³-hybridized carbons (Fsp3) is 0.458. The van der Waals surface area contributed by atoms with E-state index in [0.717, 1.165) is 42.4 Å². The lowest BCUT2D eigenvalue weighted by molar-refractivity contribution is -0.256. The molecular weight excluding hydrogens is 784 g/mol. The van der Waals surface area contributed by atoms with Gasteiger partial charge in [0.05, 0.1) is 24.8 Å². The molecule has 1 amide bonds. The van der Waals surface area contributed by atoms with Crippen molar-refractivity contribution in [3.05, 3.63) is 120 Å². The topological polar surface area (TPSA) is 138 Å². The molecule has 0 radical (unpaired) electrons. The summed E-state index contributed by atoms with van der Waals surface area (Å²) >= 11 is 0. The predicted octanol–water partition coefficient (Wildman–Crippen LogP) is 8.61. The van der Waals surface area contributed by atoms with Gasteiger partial charge in [-0.1, -0.05) is 60.5 Å². The lowest BCUT2D eigenvalue weighted by Crippen LogP contribution is -2.70. The molecule has 0 saturated heterocycles. The molecule has 2 N–H and O–H groups in total. The second-order valence-corrected chi connectivity index (χ2v) is 15.8. The number of halogens is 1. The average molecular weight is 841 g/mol. The van der Waals surface area contributed by atoms with E-state index in [0.29, 0.717) is 53.5 Å². The Bertz CT molecular complexity index is 2070. The maximum Gasteiger partial charge on any atom is 0.410 e. The molecule has 6 unspecified atom stereocenters. The van der Waals surface area contributed by atoms with Gasteiger partial charge < -0.3 is 43.5 Å². The summed E-state index contributed by atoms with van der Waals surface area (Å²) in [6.07, 6.45) is 10.1. The van der Waals surface area contributed by atoms with Gasteiger partial charge in [-0.25, -0.2) is 9.18 Å². The van der Waals surface area contributed by atoms with Crippen molar-refractivity contribution in [1.82, 2.24) is 4.90 Å². The summed E-state index contributed by atoms with van der Waals surface area (Å²) in [5.74, 6) is -0.333. The second kappa shape index (κ2) is 20.5. The van der Waals surface area contributed by atoms with Gasteiger partial charge in [-0.2, -0.15) is 0 Å². The molecule has 3 aromatic carbocycles. The Morgan fingerprint density at radius 2 is 1.77 bits per heavy atom. The van der Waals surface area contributed by atoms with E-state index in [4.69, 9.17) is 33.3 Å². The Morgan fingerprint density at radius 1 is 0.984 bits per heavy atom. The first kappa shape index (κ1) is 43.7. The number of oxime groups is 1. The maximum atomic E-state index is 14.7. The zero-order chi connectivity index (χ0) is 42.8. The molecule has 12 nitrogen and oxygen atoms in total. The smallest absolute Gasteiger partial charge is 0.410 e. The summed E-state index contributed by atoms with van der Waals surface area (Å²) < 4.78 is 52.7. The first-order chi connectivity index (χ1) is 29.8. The van der Waals surface area contributed by atoms with Crippen molar-refractivity contribution < 1.29 is 52.7 Å². The minimum atomic E-state index is -1.50. The van der Waals surface area contributed by atoms with E-state index in [-0.39, 0.29) is 76.4 Å². The molecule has 0 bridgehead atoms. The summed E-state index contributed by atoms with van der Waals surface area (Å²) in [4.78, 5) is 21.8. The van der Waals surface area contributed by atoms with Gasteiger partial charge >= 0.3 is 6.09 Å². The van der Waals surface area contributed by atoms with E-state index in [9.17, 15) is 19.4 Å². The highest BCUT2D eigenvalue weighted by molar-refractivity contribution is 6.03. The summed E-state index contributed by atoms with van der Waals surface area (Å²) in [5, 5.41) is 24.5. The lowest BCUT2D eigenvalue weighted by atomic mass is 9.55. The number of benzene rings is 3. The van der Waals surface area contributed by atoms with Gasteiger partial charge in [0.15, 0.2) is 11.5 Å². The average Bonchev–Trinajstić information content (AvgIpc) is 3.74. The van der Waals surface area contributed by atoms with E-state index in [1.807, 2.05) is 36.4 Å². The number of carbonyl (C=O) groups is 1. The van der Waals surface area contributed by atoms with Crippen molar-refractivity contribution in [3.63, 3.8) is 0 Å². The van der Waals surface area contributed by atoms with Gasteiger partial charge in [0.25, 0.3) is 0 Å². The van der Waals surface area contributed by atoms with Gasteiger partial charge in [-0.3, -0.25) is 4.90 Å². The maximum absolute atomic E-state index is 14.7. The van der Waals surface area contributed by atoms with Crippen LogP contribution in [0.25, 0.3) is 0 Å². The minimum absolute atomic E-state index is 0.000403. The number of amides is 1. The molecule has 4 aliphatic rings. The van der Waals surface area contributed by atoms with E-state index in [2.05, 4.69) is 24.4 Å². The van der Waals surface area contributed by atoms with Crippen LogP contribution >= 0.6 is 0 Å². The fourth-order valence-electron chi connectivity index (χ4n) is 9.48. The Morgan fingerprint density at radius 3 is 2.54 bits per heavy atom. The summed E-state index contributed by atoms with van der Waals surface area (Å²) in [6, 6.07) is 17.0. The first-order valence-corrected chi connectivity index (χ1v) is 21.3. The van der Waals surface area contributed by atoms with Crippen LogP contribution in [0.3, 0.4) is 0 Å². The Labute approximate surface area is 357 Å². The highest BCUT2D eigenvalue weighted by Gasteiger charge is 2.65. The van der Waals surface area contributed by atoms with Crippen molar-refractivity contribution in [2.24, 2.45) is 22.9 Å². The molecule has 0 aromatic heterocycles. The van der Waals surface area contributed by atoms with E-state index >= 15 is 0 Å². The van der Waals surface area contributed by atoms with Crippen molar-refractivity contribution in [3.8, 4) is 23.0 Å². The molecule has 326 valence electrons. The number of rotatable bonds is 21. The van der Waals surface area contributed by atoms with Crippen LogP contribution in [0.2, 0.25) is 0 Å². The van der Waals surface area contributed by atoms with Gasteiger partial charge in [-0.05, 0) is 91.5 Å². The van der Waals surface area contributed by atoms with Crippen LogP contribution < -0.4 is 18.9 Å². The van der Waals surface area contributed by atoms with Crippen LogP contribution in [-0.2, 0) is 27.5 Å². The minimum Gasteiger partial charge on any atom is -0.489 e. The van der Waals surface area contributed by atoms with Crippen LogP contribution in [0, 0.1) is 23.6 Å². The third kappa shape index (κ3) is 9.44. The normalized spacial score (nSPS) is 23.8.